The summed E-state index contributed by atoms with van der Waals surface area (Å²) in [6.07, 6.45) is 0. The summed E-state index contributed by atoms with van der Waals surface area (Å²) in [6, 6.07) is 63.5. The van der Waals surface area contributed by atoms with Crippen LogP contribution < -0.4 is 0 Å². The summed E-state index contributed by atoms with van der Waals surface area (Å²) in [7, 11) is 0. The highest BCUT2D eigenvalue weighted by Gasteiger charge is 2.34. The summed E-state index contributed by atoms with van der Waals surface area (Å²) in [4.78, 5) is 0. The molecule has 0 amide bonds. The molecule has 0 unspecified atom stereocenters. The van der Waals surface area contributed by atoms with E-state index < -0.39 is 0 Å². The van der Waals surface area contributed by atoms with Crippen molar-refractivity contribution < 1.29 is 0 Å². The van der Waals surface area contributed by atoms with Gasteiger partial charge in [-0.3, -0.25) is 0 Å². The quantitative estimate of drug-likeness (QED) is 0.168. The van der Waals surface area contributed by atoms with Crippen LogP contribution in [0.5, 0.6) is 0 Å². The van der Waals surface area contributed by atoms with E-state index in [1.807, 2.05) is 0 Å². The smallest absolute Gasteiger partial charge is 0.0642 e. The molecule has 0 aliphatic carbocycles. The van der Waals surface area contributed by atoms with Crippen molar-refractivity contribution in [2.75, 3.05) is 0 Å². The van der Waals surface area contributed by atoms with Crippen molar-refractivity contribution in [2.24, 2.45) is 0 Å². The molecule has 0 N–H and O–H groups in total. The molecular weight excluding hydrogens is 777 g/mol. The molecule has 4 heteroatoms. The standard InChI is InChI=1S/C60H42N4/c1-33(2)49-51-53-55-41(37-23-11-15-27-45(37)61(55)35-19-7-5-8-20-35)31-43-40-26-14-18-30-48(40)64(57(43)53)60(51)50(34(3)4)52-54-56-42(32-44-39-25-13-17-29-47(39)63(58(44)54)59(49)52)38-24-12-16-28-46(38)62(56)36-21-9-6-10-22-36/h5-34H,1-4H3. The van der Waals surface area contributed by atoms with Crippen molar-refractivity contribution >= 4 is 120 Å². The first-order chi connectivity index (χ1) is 31.5. The highest BCUT2D eigenvalue weighted by Crippen LogP contribution is 2.56. The summed E-state index contributed by atoms with van der Waals surface area (Å²) in [5.41, 5.74) is 18.1. The van der Waals surface area contributed by atoms with Crippen LogP contribution in [0.2, 0.25) is 0 Å². The Balaban J connectivity index is 1.33. The van der Waals surface area contributed by atoms with Crippen molar-refractivity contribution in [1.82, 2.24) is 17.9 Å². The van der Waals surface area contributed by atoms with Gasteiger partial charge in [-0.05, 0) is 83.6 Å². The zero-order chi connectivity index (χ0) is 42.3. The van der Waals surface area contributed by atoms with Crippen molar-refractivity contribution in [3.63, 3.8) is 0 Å². The topological polar surface area (TPSA) is 18.7 Å². The van der Waals surface area contributed by atoms with Gasteiger partial charge in [-0.15, -0.1) is 0 Å². The van der Waals surface area contributed by atoms with Crippen LogP contribution in [0.3, 0.4) is 0 Å². The molecule has 0 spiro atoms. The lowest BCUT2D eigenvalue weighted by Gasteiger charge is -2.19. The number of hydrogen-bond donors (Lipinski definition) is 0. The van der Waals surface area contributed by atoms with Gasteiger partial charge in [-0.1, -0.05) is 137 Å². The molecule has 0 saturated heterocycles. The predicted octanol–water partition coefficient (Wildman–Crippen LogP) is 16.4. The van der Waals surface area contributed by atoms with Crippen LogP contribution in [0.4, 0.5) is 0 Å². The number of para-hydroxylation sites is 6. The van der Waals surface area contributed by atoms with Crippen LogP contribution in [0, 0.1) is 0 Å². The largest absolute Gasteiger partial charge is 0.309 e. The molecule has 0 radical (unpaired) electrons. The number of aromatic nitrogens is 4. The maximum Gasteiger partial charge on any atom is 0.0642 e. The first-order valence-electron chi connectivity index (χ1n) is 22.9. The number of benzene rings is 9. The lowest BCUT2D eigenvalue weighted by atomic mass is 9.86. The third-order valence-corrected chi connectivity index (χ3v) is 14.8. The first-order valence-corrected chi connectivity index (χ1v) is 22.9. The Morgan fingerprint density at radius 3 is 0.969 bits per heavy atom. The summed E-state index contributed by atoms with van der Waals surface area (Å²) in [6.45, 7) is 9.73. The number of fused-ring (bicyclic) bond motifs is 20. The van der Waals surface area contributed by atoms with Crippen molar-refractivity contribution in [3.05, 3.63) is 181 Å². The second kappa shape index (κ2) is 12.0. The Morgan fingerprint density at radius 1 is 0.281 bits per heavy atom. The Labute approximate surface area is 368 Å². The molecule has 6 heterocycles. The normalized spacial score (nSPS) is 13.0. The van der Waals surface area contributed by atoms with Gasteiger partial charge in [-0.2, -0.15) is 0 Å². The minimum absolute atomic E-state index is 0.195. The Bertz CT molecular complexity index is 4170. The average molecular weight is 819 g/mol. The first kappa shape index (κ1) is 34.7. The summed E-state index contributed by atoms with van der Waals surface area (Å²) < 4.78 is 10.5. The minimum Gasteiger partial charge on any atom is -0.309 e. The fraction of sp³-hybridized carbons (Fsp3) is 0.100. The molecule has 64 heavy (non-hydrogen) atoms. The van der Waals surface area contributed by atoms with E-state index in [0.717, 1.165) is 0 Å². The molecule has 0 bridgehead atoms. The second-order valence-corrected chi connectivity index (χ2v) is 18.8. The molecule has 4 nitrogen and oxygen atoms in total. The minimum atomic E-state index is 0.195. The number of rotatable bonds is 4. The van der Waals surface area contributed by atoms with E-state index >= 15 is 0 Å². The van der Waals surface area contributed by atoms with E-state index in [-0.39, 0.29) is 11.8 Å². The van der Waals surface area contributed by atoms with E-state index in [2.05, 4.69) is 215 Å². The van der Waals surface area contributed by atoms with Crippen molar-refractivity contribution in [2.45, 2.75) is 39.5 Å². The van der Waals surface area contributed by atoms with Crippen LogP contribution >= 0.6 is 0 Å². The van der Waals surface area contributed by atoms with E-state index in [9.17, 15) is 0 Å². The molecule has 0 fully saturated rings. The van der Waals surface area contributed by atoms with Crippen LogP contribution in [0.1, 0.15) is 50.7 Å². The SMILES string of the molecule is CC(C)c1c2c3c4c(cc5c6ccccc6n(c2c(C(C)C)c2c6c7c(cc8c9ccccc9n(c12)c86)c1ccccc1n7-c1ccccc1)c53)c1ccccc1n4-c1ccccc1. The zero-order valence-corrected chi connectivity index (χ0v) is 36.1. The zero-order valence-electron chi connectivity index (χ0n) is 36.1. The van der Waals surface area contributed by atoms with Gasteiger partial charge in [0.25, 0.3) is 0 Å². The maximum atomic E-state index is 2.69. The molecule has 6 aromatic heterocycles. The van der Waals surface area contributed by atoms with Gasteiger partial charge < -0.3 is 17.9 Å². The fourth-order valence-corrected chi connectivity index (χ4v) is 12.6. The third-order valence-electron chi connectivity index (χ3n) is 14.8. The highest BCUT2D eigenvalue weighted by molar-refractivity contribution is 6.40. The van der Waals surface area contributed by atoms with Gasteiger partial charge in [0.1, 0.15) is 0 Å². The number of nitrogens with zero attached hydrogens (tertiary/aromatic N) is 4. The van der Waals surface area contributed by atoms with Crippen LogP contribution in [0.25, 0.3) is 131 Å². The van der Waals surface area contributed by atoms with E-state index in [1.54, 1.807) is 0 Å². The third kappa shape index (κ3) is 3.98. The monoisotopic (exact) mass is 818 g/mol. The van der Waals surface area contributed by atoms with E-state index in [4.69, 9.17) is 0 Å². The van der Waals surface area contributed by atoms with Crippen molar-refractivity contribution in [1.29, 1.82) is 0 Å². The average Bonchev–Trinajstić information content (AvgIpc) is 4.16. The lowest BCUT2D eigenvalue weighted by molar-refractivity contribution is 0.869. The summed E-state index contributed by atoms with van der Waals surface area (Å²) >= 11 is 0. The predicted molar refractivity (Wildman–Crippen MR) is 273 cm³/mol. The number of hydrogen-bond acceptors (Lipinski definition) is 0. The molecular formula is C60H42N4. The Kier molecular flexibility index (Phi) is 6.51. The molecule has 0 saturated carbocycles. The van der Waals surface area contributed by atoms with Gasteiger partial charge in [0.05, 0.1) is 55.2 Å². The second-order valence-electron chi connectivity index (χ2n) is 18.8. The molecule has 9 aromatic carbocycles. The molecule has 0 aliphatic heterocycles. The maximum absolute atomic E-state index is 2.69. The summed E-state index contributed by atoms with van der Waals surface area (Å²) in [5.74, 6) is 0.390. The van der Waals surface area contributed by atoms with Crippen molar-refractivity contribution in [3.8, 4) is 11.4 Å². The Morgan fingerprint density at radius 2 is 0.594 bits per heavy atom. The molecule has 0 aliphatic rings. The molecule has 0 atom stereocenters. The van der Waals surface area contributed by atoms with Crippen LogP contribution in [-0.2, 0) is 0 Å². The van der Waals surface area contributed by atoms with Gasteiger partial charge in [-0.25, -0.2) is 0 Å². The highest BCUT2D eigenvalue weighted by atomic mass is 15.0. The molecule has 302 valence electrons. The van der Waals surface area contributed by atoms with Gasteiger partial charge in [0, 0.05) is 76.0 Å². The van der Waals surface area contributed by atoms with Gasteiger partial charge in [0.15, 0.2) is 0 Å². The fourth-order valence-electron chi connectivity index (χ4n) is 12.6. The van der Waals surface area contributed by atoms with Gasteiger partial charge >= 0.3 is 0 Å². The van der Waals surface area contributed by atoms with Crippen LogP contribution in [-0.4, -0.2) is 17.9 Å². The van der Waals surface area contributed by atoms with Gasteiger partial charge in [0.2, 0.25) is 0 Å². The van der Waals surface area contributed by atoms with E-state index in [1.165, 1.54) is 142 Å². The van der Waals surface area contributed by atoms with Crippen LogP contribution in [0.15, 0.2) is 170 Å². The lowest BCUT2D eigenvalue weighted by Crippen LogP contribution is -2.01. The van der Waals surface area contributed by atoms with E-state index in [0.29, 0.717) is 0 Å². The molecule has 15 rings (SSSR count). The summed E-state index contributed by atoms with van der Waals surface area (Å²) in [5, 5.41) is 15.8. The molecule has 15 aromatic rings. The Hall–Kier alpha value is -7.82.